The Bertz CT molecular complexity index is 702. The average Bonchev–Trinajstić information content (AvgIpc) is 2.59. The fourth-order valence-corrected chi connectivity index (χ4v) is 2.25. The molecular formula is C18H19ClN2O3. The molecule has 126 valence electrons. The van der Waals surface area contributed by atoms with Crippen LogP contribution in [0.2, 0.25) is 5.02 Å². The van der Waals surface area contributed by atoms with E-state index in [-0.39, 0.29) is 11.8 Å². The molecule has 2 rings (SSSR count). The first-order valence-corrected chi connectivity index (χ1v) is 8.02. The second kappa shape index (κ2) is 8.93. The van der Waals surface area contributed by atoms with Crippen molar-refractivity contribution in [3.63, 3.8) is 0 Å². The number of hydrogen-bond acceptors (Lipinski definition) is 3. The molecule has 0 atom stereocenters. The van der Waals surface area contributed by atoms with Crippen LogP contribution >= 0.6 is 11.6 Å². The molecular weight excluding hydrogens is 328 g/mol. The van der Waals surface area contributed by atoms with E-state index in [1.165, 1.54) is 0 Å². The van der Waals surface area contributed by atoms with E-state index in [9.17, 15) is 9.59 Å². The van der Waals surface area contributed by atoms with Crippen LogP contribution in [-0.2, 0) is 0 Å². The average molecular weight is 347 g/mol. The Balaban J connectivity index is 1.75. The number of halogens is 1. The van der Waals surface area contributed by atoms with Crippen LogP contribution in [0.1, 0.15) is 27.6 Å². The zero-order chi connectivity index (χ0) is 17.4. The van der Waals surface area contributed by atoms with Crippen LogP contribution in [-0.4, -0.2) is 31.5 Å². The normalized spacial score (nSPS) is 10.1. The summed E-state index contributed by atoms with van der Waals surface area (Å²) in [5, 5.41) is 5.98. The molecule has 2 N–H and O–H groups in total. The maximum absolute atomic E-state index is 12.0. The number of benzene rings is 2. The summed E-state index contributed by atoms with van der Waals surface area (Å²) >= 11 is 5.84. The summed E-state index contributed by atoms with van der Waals surface area (Å²) in [6.45, 7) is 3.14. The predicted molar refractivity (Wildman–Crippen MR) is 93.7 cm³/mol. The van der Waals surface area contributed by atoms with E-state index in [0.29, 0.717) is 35.8 Å². The van der Waals surface area contributed by atoms with Crippen molar-refractivity contribution < 1.29 is 14.3 Å². The maximum Gasteiger partial charge on any atom is 0.251 e. The van der Waals surface area contributed by atoms with Crippen molar-refractivity contribution in [2.24, 2.45) is 0 Å². The molecule has 2 amide bonds. The summed E-state index contributed by atoms with van der Waals surface area (Å²) in [4.78, 5) is 23.9. The molecule has 0 radical (unpaired) electrons. The molecule has 0 aliphatic heterocycles. The van der Waals surface area contributed by atoms with Crippen LogP contribution in [0.25, 0.3) is 0 Å². The van der Waals surface area contributed by atoms with Gasteiger partial charge in [0.1, 0.15) is 5.75 Å². The molecule has 0 aromatic heterocycles. The molecule has 0 heterocycles. The highest BCUT2D eigenvalue weighted by Gasteiger charge is 2.07. The van der Waals surface area contributed by atoms with E-state index in [2.05, 4.69) is 10.6 Å². The Labute approximate surface area is 146 Å². The van der Waals surface area contributed by atoms with Gasteiger partial charge in [0.25, 0.3) is 11.8 Å². The minimum atomic E-state index is -0.229. The fourth-order valence-electron chi connectivity index (χ4n) is 2.06. The molecule has 6 heteroatoms. The standard InChI is InChI=1S/C18H19ClN2O3/c1-2-24-16-8-6-13(7-9-16)17(22)20-10-11-21-18(23)14-4-3-5-15(19)12-14/h3-9,12H,2,10-11H2,1H3,(H,20,22)(H,21,23). The molecule has 0 unspecified atom stereocenters. The van der Waals surface area contributed by atoms with Gasteiger partial charge in [-0.15, -0.1) is 0 Å². The quantitative estimate of drug-likeness (QED) is 0.757. The summed E-state index contributed by atoms with van der Waals surface area (Å²) in [6, 6.07) is 13.6. The van der Waals surface area contributed by atoms with Gasteiger partial charge in [0.15, 0.2) is 0 Å². The van der Waals surface area contributed by atoms with E-state index >= 15 is 0 Å². The molecule has 2 aromatic rings. The number of carbonyl (C=O) groups excluding carboxylic acids is 2. The third-order valence-electron chi connectivity index (χ3n) is 3.21. The summed E-state index contributed by atoms with van der Waals surface area (Å²) < 4.78 is 5.33. The van der Waals surface area contributed by atoms with Crippen LogP contribution < -0.4 is 15.4 Å². The monoisotopic (exact) mass is 346 g/mol. The van der Waals surface area contributed by atoms with Gasteiger partial charge in [-0.25, -0.2) is 0 Å². The lowest BCUT2D eigenvalue weighted by atomic mass is 10.2. The summed E-state index contributed by atoms with van der Waals surface area (Å²) in [5.74, 6) is 0.297. The van der Waals surface area contributed by atoms with Crippen molar-refractivity contribution >= 4 is 23.4 Å². The van der Waals surface area contributed by atoms with E-state index in [4.69, 9.17) is 16.3 Å². The number of amides is 2. The maximum atomic E-state index is 12.0. The van der Waals surface area contributed by atoms with E-state index in [0.717, 1.165) is 5.75 Å². The van der Waals surface area contributed by atoms with Crippen LogP contribution in [0.4, 0.5) is 0 Å². The molecule has 0 fully saturated rings. The van der Waals surface area contributed by atoms with Gasteiger partial charge in [0.2, 0.25) is 0 Å². The highest BCUT2D eigenvalue weighted by molar-refractivity contribution is 6.30. The lowest BCUT2D eigenvalue weighted by Gasteiger charge is -2.08. The summed E-state index contributed by atoms with van der Waals surface area (Å²) in [6.07, 6.45) is 0. The molecule has 0 saturated heterocycles. The van der Waals surface area contributed by atoms with Crippen LogP contribution in [0.15, 0.2) is 48.5 Å². The Hall–Kier alpha value is -2.53. The van der Waals surface area contributed by atoms with Gasteiger partial charge in [0.05, 0.1) is 6.61 Å². The second-order valence-electron chi connectivity index (χ2n) is 4.98. The van der Waals surface area contributed by atoms with Gasteiger partial charge in [-0.2, -0.15) is 0 Å². The van der Waals surface area contributed by atoms with E-state index in [1.54, 1.807) is 48.5 Å². The van der Waals surface area contributed by atoms with Crippen molar-refractivity contribution in [1.29, 1.82) is 0 Å². The Morgan fingerprint density at radius 2 is 1.58 bits per heavy atom. The SMILES string of the molecule is CCOc1ccc(C(=O)NCCNC(=O)c2cccc(Cl)c2)cc1. The molecule has 24 heavy (non-hydrogen) atoms. The number of carbonyl (C=O) groups is 2. The summed E-state index contributed by atoms with van der Waals surface area (Å²) in [5.41, 5.74) is 1.03. The number of hydrogen-bond donors (Lipinski definition) is 2. The lowest BCUT2D eigenvalue weighted by molar-refractivity contribution is 0.0927. The Morgan fingerprint density at radius 1 is 0.958 bits per heavy atom. The van der Waals surface area contributed by atoms with Crippen molar-refractivity contribution in [2.75, 3.05) is 19.7 Å². The molecule has 0 bridgehead atoms. The minimum absolute atomic E-state index is 0.199. The van der Waals surface area contributed by atoms with Gasteiger partial charge in [-0.3, -0.25) is 9.59 Å². The van der Waals surface area contributed by atoms with Crippen molar-refractivity contribution in [3.8, 4) is 5.75 Å². The lowest BCUT2D eigenvalue weighted by Crippen LogP contribution is -2.34. The Kier molecular flexibility index (Phi) is 6.63. The van der Waals surface area contributed by atoms with Crippen LogP contribution in [0, 0.1) is 0 Å². The second-order valence-corrected chi connectivity index (χ2v) is 5.42. The molecule has 2 aromatic carbocycles. The third-order valence-corrected chi connectivity index (χ3v) is 3.45. The van der Waals surface area contributed by atoms with Crippen LogP contribution in [0.3, 0.4) is 0 Å². The first kappa shape index (κ1) is 17.8. The van der Waals surface area contributed by atoms with E-state index < -0.39 is 0 Å². The molecule has 0 aliphatic carbocycles. The van der Waals surface area contributed by atoms with Crippen LogP contribution in [0.5, 0.6) is 5.75 Å². The zero-order valence-electron chi connectivity index (χ0n) is 13.3. The van der Waals surface area contributed by atoms with E-state index in [1.807, 2.05) is 6.92 Å². The topological polar surface area (TPSA) is 67.4 Å². The number of ether oxygens (including phenoxy) is 1. The number of rotatable bonds is 7. The first-order chi connectivity index (χ1) is 11.6. The molecule has 0 saturated carbocycles. The molecule has 5 nitrogen and oxygen atoms in total. The van der Waals surface area contributed by atoms with Crippen molar-refractivity contribution in [1.82, 2.24) is 10.6 Å². The smallest absolute Gasteiger partial charge is 0.251 e. The highest BCUT2D eigenvalue weighted by Crippen LogP contribution is 2.12. The van der Waals surface area contributed by atoms with Gasteiger partial charge in [-0.1, -0.05) is 17.7 Å². The molecule has 0 aliphatic rings. The minimum Gasteiger partial charge on any atom is -0.494 e. The van der Waals surface area contributed by atoms with Gasteiger partial charge >= 0.3 is 0 Å². The largest absolute Gasteiger partial charge is 0.494 e. The summed E-state index contributed by atoms with van der Waals surface area (Å²) in [7, 11) is 0. The third kappa shape index (κ3) is 5.28. The first-order valence-electron chi connectivity index (χ1n) is 7.65. The van der Waals surface area contributed by atoms with Gasteiger partial charge in [-0.05, 0) is 49.4 Å². The van der Waals surface area contributed by atoms with Crippen molar-refractivity contribution in [2.45, 2.75) is 6.92 Å². The fraction of sp³-hybridized carbons (Fsp3) is 0.222. The number of nitrogens with one attached hydrogen (secondary N) is 2. The zero-order valence-corrected chi connectivity index (χ0v) is 14.1. The highest BCUT2D eigenvalue weighted by atomic mass is 35.5. The Morgan fingerprint density at radius 3 is 2.17 bits per heavy atom. The van der Waals surface area contributed by atoms with Gasteiger partial charge in [0, 0.05) is 29.2 Å². The molecule has 0 spiro atoms. The van der Waals surface area contributed by atoms with Crippen molar-refractivity contribution in [3.05, 3.63) is 64.7 Å². The van der Waals surface area contributed by atoms with Gasteiger partial charge < -0.3 is 15.4 Å². The predicted octanol–water partition coefficient (Wildman–Crippen LogP) is 2.90.